The third-order valence-electron chi connectivity index (χ3n) is 5.67. The minimum Gasteiger partial charge on any atom is -0.422 e. The molecule has 0 radical (unpaired) electrons. The number of esters is 1. The van der Waals surface area contributed by atoms with E-state index in [0.717, 1.165) is 29.3 Å². The summed E-state index contributed by atoms with van der Waals surface area (Å²) in [5, 5.41) is 7.73. The van der Waals surface area contributed by atoms with Crippen LogP contribution >= 0.6 is 22.9 Å². The van der Waals surface area contributed by atoms with Gasteiger partial charge < -0.3 is 10.1 Å². The van der Waals surface area contributed by atoms with E-state index in [0.29, 0.717) is 27.6 Å². The molecule has 0 spiro atoms. The van der Waals surface area contributed by atoms with Gasteiger partial charge in [0.2, 0.25) is 5.91 Å². The number of fused-ring (bicyclic) bond motifs is 1. The molecule has 3 rings (SSSR count). The summed E-state index contributed by atoms with van der Waals surface area (Å²) < 4.78 is 6.37. The molecule has 0 bridgehead atoms. The van der Waals surface area contributed by atoms with Crippen molar-refractivity contribution in [1.29, 1.82) is 0 Å². The highest BCUT2D eigenvalue weighted by atomic mass is 35.5. The minimum atomic E-state index is -0.520. The summed E-state index contributed by atoms with van der Waals surface area (Å²) in [5.41, 5.74) is 3.08. The molecule has 9 heteroatoms. The van der Waals surface area contributed by atoms with Crippen LogP contribution < -0.4 is 15.5 Å². The number of benzene rings is 2. The Balaban J connectivity index is 1.36. The smallest absolute Gasteiger partial charge is 0.355 e. The summed E-state index contributed by atoms with van der Waals surface area (Å²) in [6.07, 6.45) is 9.86. The lowest BCUT2D eigenvalue weighted by Gasteiger charge is -2.05. The van der Waals surface area contributed by atoms with E-state index in [1.807, 2.05) is 24.3 Å². The molecule has 0 aliphatic carbocycles. The van der Waals surface area contributed by atoms with Crippen molar-refractivity contribution in [2.45, 2.75) is 58.3 Å². The molecule has 37 heavy (non-hydrogen) atoms. The maximum absolute atomic E-state index is 12.6. The summed E-state index contributed by atoms with van der Waals surface area (Å²) in [6.45, 7) is 2.07. The van der Waals surface area contributed by atoms with Crippen molar-refractivity contribution in [1.82, 2.24) is 10.7 Å². The van der Waals surface area contributed by atoms with Crippen molar-refractivity contribution in [2.24, 2.45) is 5.10 Å². The van der Waals surface area contributed by atoms with Gasteiger partial charge in [-0.1, -0.05) is 75.2 Å². The first kappa shape index (κ1) is 28.3. The molecular weight excluding hydrogens is 510 g/mol. The number of carbonyl (C=O) groups is 3. The summed E-state index contributed by atoms with van der Waals surface area (Å²) in [7, 11) is 0. The van der Waals surface area contributed by atoms with E-state index in [2.05, 4.69) is 22.8 Å². The standard InChI is InChI=1S/C28H32ClN3O4S/c1-2-3-4-5-6-7-8-13-24(33)30-19-25(34)32-31-18-20-14-16-21(17-15-20)36-28(35)27-26(29)22-11-9-10-12-23(22)37-27/h9-12,14-18H,2-8,13,19H2,1H3,(H,30,33)(H,32,34)/b31-18-. The first-order valence-electron chi connectivity index (χ1n) is 12.6. The van der Waals surface area contributed by atoms with Crippen molar-refractivity contribution < 1.29 is 19.1 Å². The van der Waals surface area contributed by atoms with Crippen molar-refractivity contribution in [3.8, 4) is 5.75 Å². The zero-order valence-corrected chi connectivity index (χ0v) is 22.5. The highest BCUT2D eigenvalue weighted by molar-refractivity contribution is 7.21. The Morgan fingerprint density at radius 2 is 1.65 bits per heavy atom. The number of amides is 2. The number of thiophene rings is 1. The summed E-state index contributed by atoms with van der Waals surface area (Å²) in [5.74, 6) is -0.693. The third-order valence-corrected chi connectivity index (χ3v) is 7.32. The van der Waals surface area contributed by atoms with Gasteiger partial charge in [0.05, 0.1) is 17.8 Å². The number of hydrazone groups is 1. The molecule has 0 aliphatic rings. The van der Waals surface area contributed by atoms with Crippen molar-refractivity contribution >= 4 is 57.0 Å². The fraction of sp³-hybridized carbons (Fsp3) is 0.357. The number of ether oxygens (including phenoxy) is 1. The highest BCUT2D eigenvalue weighted by Crippen LogP contribution is 2.35. The molecule has 0 saturated heterocycles. The molecule has 2 amide bonds. The molecule has 3 aromatic rings. The molecule has 0 aliphatic heterocycles. The first-order chi connectivity index (χ1) is 18.0. The van der Waals surface area contributed by atoms with E-state index >= 15 is 0 Å². The van der Waals surface area contributed by atoms with Crippen molar-refractivity contribution in [2.75, 3.05) is 6.54 Å². The lowest BCUT2D eigenvalue weighted by Crippen LogP contribution is -2.34. The quantitative estimate of drug-likeness (QED) is 0.0802. The van der Waals surface area contributed by atoms with Crippen LogP contribution in [-0.2, 0) is 9.59 Å². The number of unbranched alkanes of at least 4 members (excludes halogenated alkanes) is 6. The van der Waals surface area contributed by atoms with Crippen LogP contribution in [0, 0.1) is 0 Å². The van der Waals surface area contributed by atoms with Gasteiger partial charge in [-0.3, -0.25) is 9.59 Å². The Labute approximate surface area is 226 Å². The van der Waals surface area contributed by atoms with Crippen molar-refractivity contribution in [3.05, 3.63) is 64.0 Å². The lowest BCUT2D eigenvalue weighted by molar-refractivity contribution is -0.126. The number of hydrogen-bond donors (Lipinski definition) is 2. The van der Waals surface area contributed by atoms with Crippen LogP contribution in [0.1, 0.15) is 73.5 Å². The van der Waals surface area contributed by atoms with E-state index in [1.54, 1.807) is 24.3 Å². The average Bonchev–Trinajstić information content (AvgIpc) is 3.24. The van der Waals surface area contributed by atoms with E-state index in [4.69, 9.17) is 16.3 Å². The van der Waals surface area contributed by atoms with Gasteiger partial charge in [0.1, 0.15) is 10.6 Å². The number of nitrogens with zero attached hydrogens (tertiary/aromatic N) is 1. The topological polar surface area (TPSA) is 96.9 Å². The maximum Gasteiger partial charge on any atom is 0.355 e. The molecule has 0 saturated carbocycles. The van der Waals surface area contributed by atoms with Crippen LogP contribution in [0.2, 0.25) is 5.02 Å². The maximum atomic E-state index is 12.6. The fourth-order valence-corrected chi connectivity index (χ4v) is 5.03. The molecule has 7 nitrogen and oxygen atoms in total. The minimum absolute atomic E-state index is 0.123. The summed E-state index contributed by atoms with van der Waals surface area (Å²) >= 11 is 7.64. The van der Waals surface area contributed by atoms with Crippen molar-refractivity contribution in [3.63, 3.8) is 0 Å². The predicted molar refractivity (Wildman–Crippen MR) is 150 cm³/mol. The molecule has 0 atom stereocenters. The summed E-state index contributed by atoms with van der Waals surface area (Å²) in [4.78, 5) is 36.7. The van der Waals surface area contributed by atoms with Crippen LogP contribution in [0.3, 0.4) is 0 Å². The SMILES string of the molecule is CCCCCCCCCC(=O)NCC(=O)N/N=C\c1ccc(OC(=O)c2sc3ccccc3c2Cl)cc1. The second-order valence-corrected chi connectivity index (χ2v) is 10.1. The van der Waals surface area contributed by atoms with Crippen LogP contribution in [0.15, 0.2) is 53.6 Å². The number of carbonyl (C=O) groups excluding carboxylic acids is 3. The van der Waals surface area contributed by atoms with Gasteiger partial charge in [-0.25, -0.2) is 10.2 Å². The first-order valence-corrected chi connectivity index (χ1v) is 13.7. The summed E-state index contributed by atoms with van der Waals surface area (Å²) in [6, 6.07) is 14.2. The molecular formula is C28H32ClN3O4S. The van der Waals surface area contributed by atoms with Crippen LogP contribution in [-0.4, -0.2) is 30.5 Å². The Kier molecular flexibility index (Phi) is 11.6. The Morgan fingerprint density at radius 1 is 0.946 bits per heavy atom. The molecule has 2 aromatic carbocycles. The third kappa shape index (κ3) is 9.30. The zero-order chi connectivity index (χ0) is 26.5. The number of hydrogen-bond acceptors (Lipinski definition) is 6. The fourth-order valence-electron chi connectivity index (χ4n) is 3.65. The molecule has 196 valence electrons. The van der Waals surface area contributed by atoms with Gasteiger partial charge in [-0.2, -0.15) is 5.10 Å². The van der Waals surface area contributed by atoms with E-state index in [1.165, 1.54) is 43.2 Å². The Morgan fingerprint density at radius 3 is 2.38 bits per heavy atom. The largest absolute Gasteiger partial charge is 0.422 e. The van der Waals surface area contributed by atoms with Gasteiger partial charge >= 0.3 is 5.97 Å². The molecule has 1 heterocycles. The van der Waals surface area contributed by atoms with Gasteiger partial charge in [0, 0.05) is 16.5 Å². The van der Waals surface area contributed by atoms with Crippen LogP contribution in [0.5, 0.6) is 5.75 Å². The highest BCUT2D eigenvalue weighted by Gasteiger charge is 2.18. The number of nitrogens with one attached hydrogen (secondary N) is 2. The average molecular weight is 542 g/mol. The Hall–Kier alpha value is -3.23. The normalized spacial score (nSPS) is 11.1. The second kappa shape index (κ2) is 15.1. The van der Waals surface area contributed by atoms with E-state index < -0.39 is 11.9 Å². The lowest BCUT2D eigenvalue weighted by atomic mass is 10.1. The van der Waals surface area contributed by atoms with Gasteiger partial charge in [-0.05, 0) is 42.3 Å². The molecule has 1 aromatic heterocycles. The van der Waals surface area contributed by atoms with Gasteiger partial charge in [0.25, 0.3) is 5.91 Å². The van der Waals surface area contributed by atoms with E-state index in [9.17, 15) is 14.4 Å². The van der Waals surface area contributed by atoms with Crippen LogP contribution in [0.4, 0.5) is 0 Å². The number of halogens is 1. The molecule has 0 fully saturated rings. The second-order valence-electron chi connectivity index (χ2n) is 8.64. The van der Waals surface area contributed by atoms with E-state index in [-0.39, 0.29) is 12.5 Å². The van der Waals surface area contributed by atoms with Gasteiger partial charge in [-0.15, -0.1) is 11.3 Å². The number of rotatable bonds is 14. The monoisotopic (exact) mass is 541 g/mol. The molecule has 0 unspecified atom stereocenters. The predicted octanol–water partition coefficient (Wildman–Crippen LogP) is 6.48. The van der Waals surface area contributed by atoms with Crippen LogP contribution in [0.25, 0.3) is 10.1 Å². The molecule has 2 N–H and O–H groups in total. The zero-order valence-electron chi connectivity index (χ0n) is 20.9. The Bertz CT molecular complexity index is 1220. The van der Waals surface area contributed by atoms with Gasteiger partial charge in [0.15, 0.2) is 0 Å².